The van der Waals surface area contributed by atoms with E-state index < -0.39 is 34.2 Å². The van der Waals surface area contributed by atoms with Crippen molar-refractivity contribution in [1.29, 1.82) is 0 Å². The normalized spacial score (nSPS) is 11.3. The minimum atomic E-state index is -1.23. The zero-order chi connectivity index (χ0) is 17.4. The number of benzene rings is 1. The zero-order valence-electron chi connectivity index (χ0n) is 12.5. The van der Waals surface area contributed by atoms with Gasteiger partial charge < -0.3 is 9.47 Å². The van der Waals surface area contributed by atoms with Gasteiger partial charge in [0, 0.05) is 5.56 Å². The number of hydrogen-bond donors (Lipinski definition) is 1. The molecule has 0 heterocycles. The molecule has 1 aromatic carbocycles. The van der Waals surface area contributed by atoms with Crippen LogP contribution in [-0.4, -0.2) is 30.2 Å². The number of amides is 1. The van der Waals surface area contributed by atoms with E-state index in [4.69, 9.17) is 0 Å². The first-order valence-corrected chi connectivity index (χ1v) is 6.66. The summed E-state index contributed by atoms with van der Waals surface area (Å²) < 4.78 is 22.3. The van der Waals surface area contributed by atoms with Crippen LogP contribution in [0.15, 0.2) is 30.0 Å². The van der Waals surface area contributed by atoms with Crippen molar-refractivity contribution in [2.45, 2.75) is 13.8 Å². The van der Waals surface area contributed by atoms with Crippen LogP contribution < -0.4 is 5.32 Å². The van der Waals surface area contributed by atoms with Crippen LogP contribution in [0.5, 0.6) is 0 Å². The Hall–Kier alpha value is -2.97. The molecular formula is C14H15FN2O6. The van der Waals surface area contributed by atoms with Gasteiger partial charge in [0.15, 0.2) is 0 Å². The summed E-state index contributed by atoms with van der Waals surface area (Å²) in [4.78, 5) is 33.6. The molecule has 1 N–H and O–H groups in total. The lowest BCUT2D eigenvalue weighted by Gasteiger charge is -2.11. The molecule has 0 radical (unpaired) electrons. The zero-order valence-corrected chi connectivity index (χ0v) is 12.5. The van der Waals surface area contributed by atoms with Crippen molar-refractivity contribution >= 4 is 17.8 Å². The van der Waals surface area contributed by atoms with Crippen LogP contribution in [0.25, 0.3) is 5.70 Å². The SMILES string of the molecule is CCOC(=O)N/C(=C(\C(=O)OCC)[N+](=O)[O-])c1ccc(F)cc1. The van der Waals surface area contributed by atoms with E-state index in [1.807, 2.05) is 0 Å². The summed E-state index contributed by atoms with van der Waals surface area (Å²) in [7, 11) is 0. The molecule has 0 saturated carbocycles. The number of carbonyl (C=O) groups excluding carboxylic acids is 2. The largest absolute Gasteiger partial charge is 0.458 e. The first-order valence-electron chi connectivity index (χ1n) is 6.66. The number of nitrogens with one attached hydrogen (secondary N) is 1. The van der Waals surface area contributed by atoms with Crippen LogP contribution in [0.1, 0.15) is 19.4 Å². The quantitative estimate of drug-likeness (QED) is 0.371. The molecule has 23 heavy (non-hydrogen) atoms. The van der Waals surface area contributed by atoms with Gasteiger partial charge in [-0.05, 0) is 38.1 Å². The Morgan fingerprint density at radius 2 is 1.74 bits per heavy atom. The maximum Gasteiger partial charge on any atom is 0.412 e. The maximum atomic E-state index is 13.0. The molecule has 0 aliphatic rings. The van der Waals surface area contributed by atoms with Gasteiger partial charge in [-0.25, -0.2) is 14.0 Å². The molecular weight excluding hydrogens is 311 g/mol. The van der Waals surface area contributed by atoms with E-state index in [9.17, 15) is 24.1 Å². The number of nitro groups is 1. The van der Waals surface area contributed by atoms with Crippen molar-refractivity contribution in [3.63, 3.8) is 0 Å². The van der Waals surface area contributed by atoms with Gasteiger partial charge in [-0.2, -0.15) is 0 Å². The van der Waals surface area contributed by atoms with Crippen LogP contribution in [0.2, 0.25) is 0 Å². The molecule has 0 aliphatic carbocycles. The molecule has 0 aromatic heterocycles. The highest BCUT2D eigenvalue weighted by atomic mass is 19.1. The average Bonchev–Trinajstić information content (AvgIpc) is 2.47. The number of ether oxygens (including phenoxy) is 2. The number of alkyl carbamates (subject to hydrolysis) is 1. The third-order valence-electron chi connectivity index (χ3n) is 2.52. The van der Waals surface area contributed by atoms with Gasteiger partial charge in [0.2, 0.25) is 0 Å². The fraction of sp³-hybridized carbons (Fsp3) is 0.286. The monoisotopic (exact) mass is 326 g/mol. The summed E-state index contributed by atoms with van der Waals surface area (Å²) in [6, 6.07) is 4.43. The molecule has 124 valence electrons. The molecule has 0 bridgehead atoms. The second-order valence-electron chi connectivity index (χ2n) is 4.05. The lowest BCUT2D eigenvalue weighted by Crippen LogP contribution is -2.28. The lowest BCUT2D eigenvalue weighted by molar-refractivity contribution is -0.420. The minimum Gasteiger partial charge on any atom is -0.458 e. The van der Waals surface area contributed by atoms with Gasteiger partial charge in [0.1, 0.15) is 11.5 Å². The molecule has 0 aliphatic heterocycles. The Balaban J connectivity index is 3.41. The van der Waals surface area contributed by atoms with E-state index in [2.05, 4.69) is 14.8 Å². The Morgan fingerprint density at radius 1 is 1.17 bits per heavy atom. The van der Waals surface area contributed by atoms with Crippen molar-refractivity contribution in [2.24, 2.45) is 0 Å². The van der Waals surface area contributed by atoms with Crippen LogP contribution >= 0.6 is 0 Å². The van der Waals surface area contributed by atoms with Crippen molar-refractivity contribution in [2.75, 3.05) is 13.2 Å². The minimum absolute atomic E-state index is 0.0235. The molecule has 8 nitrogen and oxygen atoms in total. The molecule has 1 aromatic rings. The molecule has 0 atom stereocenters. The van der Waals surface area contributed by atoms with Gasteiger partial charge in [0.05, 0.1) is 18.1 Å². The highest BCUT2D eigenvalue weighted by Crippen LogP contribution is 2.19. The summed E-state index contributed by atoms with van der Waals surface area (Å²) >= 11 is 0. The topological polar surface area (TPSA) is 108 Å². The molecule has 9 heteroatoms. The van der Waals surface area contributed by atoms with Crippen LogP contribution in [0, 0.1) is 15.9 Å². The molecule has 0 unspecified atom stereocenters. The predicted molar refractivity (Wildman–Crippen MR) is 77.1 cm³/mol. The summed E-state index contributed by atoms with van der Waals surface area (Å²) in [6.07, 6.45) is -0.990. The van der Waals surface area contributed by atoms with Gasteiger partial charge in [0.25, 0.3) is 0 Å². The average molecular weight is 326 g/mol. The summed E-state index contributed by atoms with van der Waals surface area (Å²) in [5.41, 5.74) is -1.36. The lowest BCUT2D eigenvalue weighted by atomic mass is 10.1. The van der Waals surface area contributed by atoms with Gasteiger partial charge in [-0.3, -0.25) is 15.4 Å². The van der Waals surface area contributed by atoms with E-state index in [-0.39, 0.29) is 18.8 Å². The third-order valence-corrected chi connectivity index (χ3v) is 2.52. The fourth-order valence-electron chi connectivity index (χ4n) is 1.62. The second-order valence-corrected chi connectivity index (χ2v) is 4.05. The number of hydrogen-bond acceptors (Lipinski definition) is 6. The Bertz CT molecular complexity index is 627. The molecule has 0 saturated heterocycles. The Kier molecular flexibility index (Phi) is 6.66. The first-order chi connectivity index (χ1) is 10.9. The van der Waals surface area contributed by atoms with E-state index >= 15 is 0 Å². The van der Waals surface area contributed by atoms with Gasteiger partial charge >= 0.3 is 17.8 Å². The van der Waals surface area contributed by atoms with Crippen molar-refractivity contribution in [3.05, 3.63) is 51.5 Å². The fourth-order valence-corrected chi connectivity index (χ4v) is 1.62. The van der Waals surface area contributed by atoms with E-state index in [1.54, 1.807) is 6.92 Å². The molecule has 1 amide bonds. The van der Waals surface area contributed by atoms with E-state index in [0.29, 0.717) is 0 Å². The van der Waals surface area contributed by atoms with Gasteiger partial charge in [-0.1, -0.05) is 0 Å². The van der Waals surface area contributed by atoms with Crippen LogP contribution in [0.4, 0.5) is 9.18 Å². The smallest absolute Gasteiger partial charge is 0.412 e. The maximum absolute atomic E-state index is 13.0. The molecule has 1 rings (SSSR count). The van der Waals surface area contributed by atoms with Crippen molar-refractivity contribution < 1.29 is 28.4 Å². The molecule has 0 fully saturated rings. The van der Waals surface area contributed by atoms with Gasteiger partial charge in [-0.15, -0.1) is 0 Å². The number of nitrogens with zero attached hydrogens (tertiary/aromatic N) is 1. The third kappa shape index (κ3) is 5.06. The van der Waals surface area contributed by atoms with Crippen LogP contribution in [0.3, 0.4) is 0 Å². The first kappa shape index (κ1) is 18.1. The number of esters is 1. The molecule has 0 spiro atoms. The highest BCUT2D eigenvalue weighted by molar-refractivity contribution is 5.97. The summed E-state index contributed by atoms with van der Waals surface area (Å²) in [6.45, 7) is 2.95. The van der Waals surface area contributed by atoms with E-state index in [1.165, 1.54) is 19.1 Å². The van der Waals surface area contributed by atoms with Crippen molar-refractivity contribution in [3.8, 4) is 0 Å². The predicted octanol–water partition coefficient (Wildman–Crippen LogP) is 2.08. The van der Waals surface area contributed by atoms with E-state index in [0.717, 1.165) is 12.1 Å². The Morgan fingerprint density at radius 3 is 2.22 bits per heavy atom. The summed E-state index contributed by atoms with van der Waals surface area (Å²) in [5.74, 6) is -1.81. The second kappa shape index (κ2) is 8.47. The van der Waals surface area contributed by atoms with Crippen molar-refractivity contribution in [1.82, 2.24) is 5.32 Å². The number of carbonyl (C=O) groups is 2. The number of rotatable bonds is 6. The Labute approximate surface area is 131 Å². The standard InChI is InChI=1S/C14H15FN2O6/c1-3-22-13(18)12(17(20)21)11(16-14(19)23-4-2)9-5-7-10(15)8-6-9/h5-8H,3-4H2,1-2H3,(H,16,19)/b12-11+. The summed E-state index contributed by atoms with van der Waals surface area (Å²) in [5, 5.41) is 13.3. The number of halogens is 1. The van der Waals surface area contributed by atoms with Crippen LogP contribution in [-0.2, 0) is 14.3 Å². The highest BCUT2D eigenvalue weighted by Gasteiger charge is 2.31.